The van der Waals surface area contributed by atoms with Crippen molar-refractivity contribution in [2.24, 2.45) is 5.73 Å². The molecular weight excluding hydrogens is 233 g/mol. The van der Waals surface area contributed by atoms with Crippen molar-refractivity contribution in [2.45, 2.75) is 45.3 Å². The second kappa shape index (κ2) is 4.35. The van der Waals surface area contributed by atoms with E-state index < -0.39 is 11.6 Å². The minimum Gasteiger partial charge on any atom is -0.456 e. The highest BCUT2D eigenvalue weighted by Crippen LogP contribution is 2.34. The number of nitrogens with two attached hydrogens (primary N) is 1. The van der Waals surface area contributed by atoms with Crippen LogP contribution in [0, 0.1) is 5.82 Å². The lowest BCUT2D eigenvalue weighted by atomic mass is 10.0. The Labute approximate surface area is 106 Å². The fourth-order valence-corrected chi connectivity index (χ4v) is 2.27. The van der Waals surface area contributed by atoms with Crippen LogP contribution in [0.4, 0.5) is 4.39 Å². The van der Waals surface area contributed by atoms with E-state index in [1.165, 1.54) is 12.1 Å². The molecule has 0 radical (unpaired) electrons. The summed E-state index contributed by atoms with van der Waals surface area (Å²) in [4.78, 5) is 12.1. The van der Waals surface area contributed by atoms with E-state index in [1.54, 1.807) is 20.8 Å². The Hall–Kier alpha value is -1.42. The Balaban J connectivity index is 2.41. The Morgan fingerprint density at radius 1 is 1.44 bits per heavy atom. The number of ether oxygens (including phenoxy) is 1. The van der Waals surface area contributed by atoms with Gasteiger partial charge in [-0.1, -0.05) is 0 Å². The first-order chi connectivity index (χ1) is 8.29. The maximum absolute atomic E-state index is 13.6. The molecule has 4 heteroatoms. The van der Waals surface area contributed by atoms with E-state index >= 15 is 0 Å². The van der Waals surface area contributed by atoms with Crippen molar-refractivity contribution in [3.05, 3.63) is 34.6 Å². The number of hydrogen-bond donors (Lipinski definition) is 1. The molecule has 2 N–H and O–H groups in total. The molecule has 3 nitrogen and oxygen atoms in total. The second-order valence-electron chi connectivity index (χ2n) is 5.63. The minimum absolute atomic E-state index is 0.279. The molecule has 0 saturated heterocycles. The number of carbonyl (C=O) groups is 1. The first kappa shape index (κ1) is 13.0. The molecule has 1 aromatic rings. The Morgan fingerprint density at radius 3 is 2.72 bits per heavy atom. The lowest BCUT2D eigenvalue weighted by Gasteiger charge is -2.21. The molecule has 0 spiro atoms. The van der Waals surface area contributed by atoms with E-state index in [4.69, 9.17) is 10.5 Å². The smallest absolute Gasteiger partial charge is 0.338 e. The van der Waals surface area contributed by atoms with Crippen molar-refractivity contribution in [1.29, 1.82) is 0 Å². The average Bonchev–Trinajstić information content (AvgIpc) is 2.60. The third-order valence-corrected chi connectivity index (χ3v) is 2.99. The van der Waals surface area contributed by atoms with Crippen LogP contribution in [0.1, 0.15) is 54.7 Å². The van der Waals surface area contributed by atoms with Gasteiger partial charge in [0.05, 0.1) is 5.56 Å². The fraction of sp³-hybridized carbons (Fsp3) is 0.500. The van der Waals surface area contributed by atoms with Crippen LogP contribution in [0.25, 0.3) is 0 Å². The summed E-state index contributed by atoms with van der Waals surface area (Å²) in [6, 6.07) is 2.50. The van der Waals surface area contributed by atoms with E-state index in [0.29, 0.717) is 29.5 Å². The molecule has 0 amide bonds. The van der Waals surface area contributed by atoms with Crippen LogP contribution >= 0.6 is 0 Å². The zero-order chi connectivity index (χ0) is 13.5. The van der Waals surface area contributed by atoms with Crippen molar-refractivity contribution in [2.75, 3.05) is 0 Å². The lowest BCUT2D eigenvalue weighted by Crippen LogP contribution is -2.25. The minimum atomic E-state index is -0.568. The van der Waals surface area contributed by atoms with Crippen LogP contribution < -0.4 is 5.73 Å². The first-order valence-corrected chi connectivity index (χ1v) is 6.10. The molecule has 1 aliphatic rings. The highest BCUT2D eigenvalue weighted by atomic mass is 19.1. The molecule has 0 saturated carbocycles. The number of rotatable bonds is 1. The van der Waals surface area contributed by atoms with Crippen LogP contribution in [0.2, 0.25) is 0 Å². The largest absolute Gasteiger partial charge is 0.456 e. The molecule has 18 heavy (non-hydrogen) atoms. The molecule has 0 heterocycles. The molecule has 0 aromatic heterocycles. The normalized spacial score (nSPS) is 18.6. The lowest BCUT2D eigenvalue weighted by molar-refractivity contribution is 0.00679. The Morgan fingerprint density at radius 2 is 2.11 bits per heavy atom. The summed E-state index contributed by atoms with van der Waals surface area (Å²) in [6.07, 6.45) is 1.25. The zero-order valence-electron chi connectivity index (χ0n) is 10.9. The van der Waals surface area contributed by atoms with E-state index in [2.05, 4.69) is 0 Å². The van der Waals surface area contributed by atoms with Crippen LogP contribution in [0.15, 0.2) is 12.1 Å². The summed E-state index contributed by atoms with van der Waals surface area (Å²) in [5.41, 5.74) is 6.95. The maximum atomic E-state index is 13.6. The summed E-state index contributed by atoms with van der Waals surface area (Å²) in [7, 11) is 0. The standard InChI is InChI=1S/C14H18FNO2/c1-14(2,3)18-13(17)9-4-6-10(15)8-5-7-11(16)12(8)9/h4,6,11H,5,7,16H2,1-3H3/t11-/m0/s1. The number of halogens is 1. The summed E-state index contributed by atoms with van der Waals surface area (Å²) in [5.74, 6) is -0.721. The van der Waals surface area contributed by atoms with Crippen molar-refractivity contribution in [3.63, 3.8) is 0 Å². The topological polar surface area (TPSA) is 52.3 Å². The second-order valence-corrected chi connectivity index (χ2v) is 5.63. The summed E-state index contributed by atoms with van der Waals surface area (Å²) >= 11 is 0. The molecule has 1 aromatic carbocycles. The third-order valence-electron chi connectivity index (χ3n) is 2.99. The molecule has 1 atom stereocenters. The van der Waals surface area contributed by atoms with Gasteiger partial charge in [0.2, 0.25) is 0 Å². The van der Waals surface area contributed by atoms with Crippen LogP contribution in [-0.2, 0) is 11.2 Å². The number of esters is 1. The fourth-order valence-electron chi connectivity index (χ4n) is 2.27. The highest BCUT2D eigenvalue weighted by molar-refractivity contribution is 5.92. The average molecular weight is 251 g/mol. The number of benzene rings is 1. The molecule has 2 rings (SSSR count). The number of carbonyl (C=O) groups excluding carboxylic acids is 1. The van der Waals surface area contributed by atoms with Gasteiger partial charge in [0.15, 0.2) is 0 Å². The van der Waals surface area contributed by atoms with Gasteiger partial charge in [-0.15, -0.1) is 0 Å². The summed E-state index contributed by atoms with van der Waals surface area (Å²) in [6.45, 7) is 5.40. The van der Waals surface area contributed by atoms with Gasteiger partial charge in [-0.3, -0.25) is 0 Å². The van der Waals surface area contributed by atoms with E-state index in [-0.39, 0.29) is 11.9 Å². The van der Waals surface area contributed by atoms with E-state index in [9.17, 15) is 9.18 Å². The van der Waals surface area contributed by atoms with Crippen molar-refractivity contribution >= 4 is 5.97 Å². The predicted molar refractivity (Wildman–Crippen MR) is 66.8 cm³/mol. The molecule has 0 fully saturated rings. The van der Waals surface area contributed by atoms with Crippen molar-refractivity contribution in [1.82, 2.24) is 0 Å². The van der Waals surface area contributed by atoms with Crippen molar-refractivity contribution < 1.29 is 13.9 Å². The van der Waals surface area contributed by atoms with Gasteiger partial charge in [0.25, 0.3) is 0 Å². The highest BCUT2D eigenvalue weighted by Gasteiger charge is 2.29. The van der Waals surface area contributed by atoms with E-state index in [1.807, 2.05) is 0 Å². The van der Waals surface area contributed by atoms with Crippen LogP contribution in [-0.4, -0.2) is 11.6 Å². The molecule has 98 valence electrons. The van der Waals surface area contributed by atoms with Crippen molar-refractivity contribution in [3.8, 4) is 0 Å². The third kappa shape index (κ3) is 2.38. The number of fused-ring (bicyclic) bond motifs is 1. The monoisotopic (exact) mass is 251 g/mol. The zero-order valence-corrected chi connectivity index (χ0v) is 10.9. The van der Waals surface area contributed by atoms with Gasteiger partial charge in [-0.2, -0.15) is 0 Å². The van der Waals surface area contributed by atoms with Gasteiger partial charge in [0.1, 0.15) is 11.4 Å². The van der Waals surface area contributed by atoms with Gasteiger partial charge < -0.3 is 10.5 Å². The predicted octanol–water partition coefficient (Wildman–Crippen LogP) is 2.73. The Kier molecular flexibility index (Phi) is 3.15. The number of hydrogen-bond acceptors (Lipinski definition) is 3. The van der Waals surface area contributed by atoms with Gasteiger partial charge in [-0.25, -0.2) is 9.18 Å². The van der Waals surface area contributed by atoms with Crippen LogP contribution in [0.5, 0.6) is 0 Å². The summed E-state index contributed by atoms with van der Waals surface area (Å²) < 4.78 is 19.0. The molecular formula is C14H18FNO2. The van der Waals surface area contributed by atoms with E-state index in [0.717, 1.165) is 0 Å². The van der Waals surface area contributed by atoms with Gasteiger partial charge in [0, 0.05) is 6.04 Å². The van der Waals surface area contributed by atoms with Gasteiger partial charge in [-0.05, 0) is 56.9 Å². The van der Waals surface area contributed by atoms with Crippen LogP contribution in [0.3, 0.4) is 0 Å². The molecule has 1 aliphatic carbocycles. The maximum Gasteiger partial charge on any atom is 0.338 e. The summed E-state index contributed by atoms with van der Waals surface area (Å²) in [5, 5.41) is 0. The SMILES string of the molecule is CC(C)(C)OC(=O)c1ccc(F)c2c1[C@@H](N)CC2. The molecule has 0 aliphatic heterocycles. The molecule has 0 bridgehead atoms. The first-order valence-electron chi connectivity index (χ1n) is 6.10. The van der Waals surface area contributed by atoms with Gasteiger partial charge >= 0.3 is 5.97 Å². The Bertz CT molecular complexity index is 491. The molecule has 0 unspecified atom stereocenters. The quantitative estimate of drug-likeness (QED) is 0.781.